The number of amides is 1. The van der Waals surface area contributed by atoms with Crippen molar-refractivity contribution >= 4 is 17.5 Å². The SMILES string of the molecule is Cc1onc(-c2ccccc2Cl)c1C(=O)NCc1ccc(-c2ccoc2)cc1. The van der Waals surface area contributed by atoms with E-state index in [1.165, 1.54) is 0 Å². The van der Waals surface area contributed by atoms with Crippen molar-refractivity contribution in [2.75, 3.05) is 0 Å². The Morgan fingerprint density at radius 2 is 1.86 bits per heavy atom. The second kappa shape index (κ2) is 7.74. The molecule has 0 unspecified atom stereocenters. The molecule has 0 fully saturated rings. The van der Waals surface area contributed by atoms with E-state index in [1.54, 1.807) is 25.5 Å². The van der Waals surface area contributed by atoms with Gasteiger partial charge < -0.3 is 14.3 Å². The maximum absolute atomic E-state index is 12.8. The summed E-state index contributed by atoms with van der Waals surface area (Å²) in [6, 6.07) is 17.1. The highest BCUT2D eigenvalue weighted by molar-refractivity contribution is 6.33. The standard InChI is InChI=1S/C22H17ClN2O3/c1-14-20(21(25-28-14)18-4-2-3-5-19(18)23)22(26)24-12-15-6-8-16(9-7-15)17-10-11-27-13-17/h2-11,13H,12H2,1H3,(H,24,26). The van der Waals surface area contributed by atoms with Gasteiger partial charge in [0.05, 0.1) is 17.5 Å². The topological polar surface area (TPSA) is 68.3 Å². The van der Waals surface area contributed by atoms with E-state index in [0.717, 1.165) is 16.7 Å². The lowest BCUT2D eigenvalue weighted by Crippen LogP contribution is -2.23. The first kappa shape index (κ1) is 18.1. The van der Waals surface area contributed by atoms with Crippen LogP contribution in [0.5, 0.6) is 0 Å². The molecule has 0 aliphatic rings. The predicted molar refractivity (Wildman–Crippen MR) is 107 cm³/mol. The number of carbonyl (C=O) groups is 1. The average molecular weight is 393 g/mol. The molecule has 140 valence electrons. The number of aryl methyl sites for hydroxylation is 1. The number of rotatable bonds is 5. The Bertz CT molecular complexity index is 1100. The van der Waals surface area contributed by atoms with Crippen molar-refractivity contribution in [1.29, 1.82) is 0 Å². The minimum Gasteiger partial charge on any atom is -0.472 e. The van der Waals surface area contributed by atoms with E-state index in [4.69, 9.17) is 20.5 Å². The highest BCUT2D eigenvalue weighted by Crippen LogP contribution is 2.31. The van der Waals surface area contributed by atoms with E-state index < -0.39 is 0 Å². The smallest absolute Gasteiger partial charge is 0.257 e. The summed E-state index contributed by atoms with van der Waals surface area (Å²) in [6.45, 7) is 2.10. The van der Waals surface area contributed by atoms with Crippen LogP contribution in [-0.4, -0.2) is 11.1 Å². The fourth-order valence-corrected chi connectivity index (χ4v) is 3.22. The van der Waals surface area contributed by atoms with E-state index in [0.29, 0.717) is 34.1 Å². The molecule has 0 bridgehead atoms. The predicted octanol–water partition coefficient (Wildman–Crippen LogP) is 5.49. The monoisotopic (exact) mass is 392 g/mol. The number of aromatic nitrogens is 1. The van der Waals surface area contributed by atoms with Crippen LogP contribution in [0.25, 0.3) is 22.4 Å². The van der Waals surface area contributed by atoms with Crippen LogP contribution < -0.4 is 5.32 Å². The fraction of sp³-hybridized carbons (Fsp3) is 0.0909. The van der Waals surface area contributed by atoms with E-state index in [1.807, 2.05) is 48.5 Å². The molecule has 0 saturated carbocycles. The molecule has 5 nitrogen and oxygen atoms in total. The summed E-state index contributed by atoms with van der Waals surface area (Å²) < 4.78 is 10.4. The molecule has 6 heteroatoms. The summed E-state index contributed by atoms with van der Waals surface area (Å²) in [5, 5.41) is 7.47. The van der Waals surface area contributed by atoms with Crippen LogP contribution in [0, 0.1) is 6.92 Å². The first-order valence-electron chi connectivity index (χ1n) is 8.74. The third-order valence-corrected chi connectivity index (χ3v) is 4.81. The van der Waals surface area contributed by atoms with Crippen LogP contribution in [0.3, 0.4) is 0 Å². The normalized spacial score (nSPS) is 10.8. The molecule has 2 aromatic heterocycles. The van der Waals surface area contributed by atoms with Gasteiger partial charge in [0.2, 0.25) is 0 Å². The van der Waals surface area contributed by atoms with Gasteiger partial charge in [0, 0.05) is 17.7 Å². The van der Waals surface area contributed by atoms with E-state index in [9.17, 15) is 4.79 Å². The Labute approximate surface area is 166 Å². The molecular formula is C22H17ClN2O3. The molecule has 1 N–H and O–H groups in total. The van der Waals surface area contributed by atoms with Crippen molar-refractivity contribution in [1.82, 2.24) is 10.5 Å². The summed E-state index contributed by atoms with van der Waals surface area (Å²) in [5.74, 6) is 0.190. The number of furan rings is 1. The Kier molecular flexibility index (Phi) is 5.00. The first-order valence-corrected chi connectivity index (χ1v) is 9.12. The van der Waals surface area contributed by atoms with Gasteiger partial charge in [0.15, 0.2) is 0 Å². The Morgan fingerprint density at radius 1 is 1.07 bits per heavy atom. The van der Waals surface area contributed by atoms with Gasteiger partial charge in [-0.05, 0) is 30.2 Å². The molecule has 0 radical (unpaired) electrons. The number of halogens is 1. The lowest BCUT2D eigenvalue weighted by Gasteiger charge is -2.07. The number of carbonyl (C=O) groups excluding carboxylic acids is 1. The Hall–Kier alpha value is -3.31. The van der Waals surface area contributed by atoms with Gasteiger partial charge in [-0.3, -0.25) is 4.79 Å². The van der Waals surface area contributed by atoms with Gasteiger partial charge in [-0.1, -0.05) is 59.2 Å². The van der Waals surface area contributed by atoms with Crippen molar-refractivity contribution in [2.45, 2.75) is 13.5 Å². The summed E-state index contributed by atoms with van der Waals surface area (Å²) in [6.07, 6.45) is 3.34. The van der Waals surface area contributed by atoms with E-state index in [2.05, 4.69) is 10.5 Å². The molecule has 0 aliphatic heterocycles. The summed E-state index contributed by atoms with van der Waals surface area (Å²) in [7, 11) is 0. The van der Waals surface area contributed by atoms with Gasteiger partial charge in [0.1, 0.15) is 17.0 Å². The summed E-state index contributed by atoms with van der Waals surface area (Å²) >= 11 is 6.25. The Balaban J connectivity index is 1.50. The van der Waals surface area contributed by atoms with Crippen molar-refractivity contribution < 1.29 is 13.7 Å². The average Bonchev–Trinajstić information content (AvgIpc) is 3.37. The molecule has 0 atom stereocenters. The van der Waals surface area contributed by atoms with Gasteiger partial charge in [0.25, 0.3) is 5.91 Å². The van der Waals surface area contributed by atoms with Crippen LogP contribution >= 0.6 is 11.6 Å². The number of hydrogen-bond donors (Lipinski definition) is 1. The largest absolute Gasteiger partial charge is 0.472 e. The second-order valence-corrected chi connectivity index (χ2v) is 6.74. The minimum atomic E-state index is -0.257. The zero-order valence-corrected chi connectivity index (χ0v) is 15.9. The van der Waals surface area contributed by atoms with Gasteiger partial charge >= 0.3 is 0 Å². The molecule has 0 spiro atoms. The first-order chi connectivity index (χ1) is 13.6. The molecule has 0 saturated heterocycles. The molecule has 2 heterocycles. The van der Waals surface area contributed by atoms with Crippen LogP contribution in [-0.2, 0) is 6.54 Å². The van der Waals surface area contributed by atoms with Crippen molar-refractivity contribution in [2.24, 2.45) is 0 Å². The molecule has 0 aliphatic carbocycles. The maximum Gasteiger partial charge on any atom is 0.257 e. The number of nitrogens with zero attached hydrogens (tertiary/aromatic N) is 1. The Morgan fingerprint density at radius 3 is 2.57 bits per heavy atom. The molecular weight excluding hydrogens is 376 g/mol. The van der Waals surface area contributed by atoms with Crippen LogP contribution in [0.4, 0.5) is 0 Å². The molecule has 4 rings (SSSR count). The highest BCUT2D eigenvalue weighted by atomic mass is 35.5. The number of benzene rings is 2. The zero-order valence-electron chi connectivity index (χ0n) is 15.1. The highest BCUT2D eigenvalue weighted by Gasteiger charge is 2.22. The minimum absolute atomic E-state index is 0.257. The zero-order chi connectivity index (χ0) is 19.5. The third kappa shape index (κ3) is 3.57. The van der Waals surface area contributed by atoms with Gasteiger partial charge in [-0.25, -0.2) is 0 Å². The number of hydrogen-bond acceptors (Lipinski definition) is 4. The van der Waals surface area contributed by atoms with Gasteiger partial charge in [-0.15, -0.1) is 0 Å². The molecule has 4 aromatic rings. The second-order valence-electron chi connectivity index (χ2n) is 6.33. The fourth-order valence-electron chi connectivity index (χ4n) is 2.99. The quantitative estimate of drug-likeness (QED) is 0.487. The van der Waals surface area contributed by atoms with Crippen molar-refractivity contribution in [3.63, 3.8) is 0 Å². The lowest BCUT2D eigenvalue weighted by molar-refractivity contribution is 0.0950. The summed E-state index contributed by atoms with van der Waals surface area (Å²) in [4.78, 5) is 12.8. The molecule has 28 heavy (non-hydrogen) atoms. The van der Waals surface area contributed by atoms with Crippen LogP contribution in [0.15, 0.2) is 76.1 Å². The third-order valence-electron chi connectivity index (χ3n) is 4.48. The van der Waals surface area contributed by atoms with Crippen LogP contribution in [0.1, 0.15) is 21.7 Å². The summed E-state index contributed by atoms with van der Waals surface area (Å²) in [5.41, 5.74) is 4.54. The maximum atomic E-state index is 12.8. The number of nitrogens with one attached hydrogen (secondary N) is 1. The lowest BCUT2D eigenvalue weighted by atomic mass is 10.0. The van der Waals surface area contributed by atoms with Crippen molar-refractivity contribution in [3.8, 4) is 22.4 Å². The van der Waals surface area contributed by atoms with E-state index in [-0.39, 0.29) is 5.91 Å². The molecule has 2 aromatic carbocycles. The molecule has 1 amide bonds. The van der Waals surface area contributed by atoms with Crippen molar-refractivity contribution in [3.05, 3.63) is 89.0 Å². The van der Waals surface area contributed by atoms with Gasteiger partial charge in [-0.2, -0.15) is 0 Å². The van der Waals surface area contributed by atoms with E-state index >= 15 is 0 Å². The van der Waals surface area contributed by atoms with Crippen LogP contribution in [0.2, 0.25) is 5.02 Å².